The van der Waals surface area contributed by atoms with Gasteiger partial charge in [0.05, 0.1) is 5.69 Å². The van der Waals surface area contributed by atoms with Crippen LogP contribution in [0.4, 0.5) is 17.1 Å². The van der Waals surface area contributed by atoms with E-state index in [1.165, 1.54) is 27.8 Å². The van der Waals surface area contributed by atoms with Gasteiger partial charge in [-0.05, 0) is 69.8 Å². The van der Waals surface area contributed by atoms with Gasteiger partial charge in [-0.3, -0.25) is 0 Å². The van der Waals surface area contributed by atoms with Gasteiger partial charge in [-0.15, -0.1) is 0 Å². The van der Waals surface area contributed by atoms with Crippen molar-refractivity contribution in [3.8, 4) is 44.5 Å². The van der Waals surface area contributed by atoms with E-state index in [1.807, 2.05) is 12.1 Å². The first kappa shape index (κ1) is 29.5. The molecule has 0 N–H and O–H groups in total. The Kier molecular flexibility index (Phi) is 7.53. The number of para-hydroxylation sites is 4. The summed E-state index contributed by atoms with van der Waals surface area (Å²) in [6.45, 7) is 0. The summed E-state index contributed by atoms with van der Waals surface area (Å²) in [7, 11) is 0. The van der Waals surface area contributed by atoms with Crippen LogP contribution in [-0.2, 0) is 0 Å². The lowest BCUT2D eigenvalue weighted by atomic mass is 9.88. The van der Waals surface area contributed by atoms with Gasteiger partial charge in [0.25, 0.3) is 0 Å². The van der Waals surface area contributed by atoms with Crippen LogP contribution in [0.1, 0.15) is 0 Å². The third-order valence-corrected chi connectivity index (χ3v) is 9.52. The Hall–Kier alpha value is -6.64. The lowest BCUT2D eigenvalue weighted by molar-refractivity contribution is 0.670. The van der Waals surface area contributed by atoms with Crippen LogP contribution >= 0.6 is 0 Å². The van der Waals surface area contributed by atoms with Crippen molar-refractivity contribution in [1.29, 1.82) is 0 Å². The van der Waals surface area contributed by atoms with E-state index in [2.05, 4.69) is 193 Å². The van der Waals surface area contributed by atoms with Crippen LogP contribution in [-0.4, -0.2) is 0 Å². The summed E-state index contributed by atoms with van der Waals surface area (Å²) in [4.78, 5) is 2.36. The van der Waals surface area contributed by atoms with E-state index in [4.69, 9.17) is 4.42 Å². The summed E-state index contributed by atoms with van der Waals surface area (Å²) in [5, 5.41) is 2.27. The molecule has 0 unspecified atom stereocenters. The third kappa shape index (κ3) is 5.24. The first-order chi connectivity index (χ1) is 24.8. The monoisotopic (exact) mass is 639 g/mol. The van der Waals surface area contributed by atoms with Gasteiger partial charge in [0.2, 0.25) is 0 Å². The van der Waals surface area contributed by atoms with E-state index in [9.17, 15) is 0 Å². The fraction of sp³-hybridized carbons (Fsp3) is 0. The quantitative estimate of drug-likeness (QED) is 0.173. The maximum absolute atomic E-state index is 6.39. The SMILES string of the molecule is c1ccc(-c2ccccc2-c2ccccc2-c2ccccc2N(c2ccccc2)c2ccc(-c3cccc4c3oc3ccccc34)cc2)cc1. The van der Waals surface area contributed by atoms with Gasteiger partial charge < -0.3 is 9.32 Å². The highest BCUT2D eigenvalue weighted by molar-refractivity contribution is 6.09. The Morgan fingerprint density at radius 2 is 0.780 bits per heavy atom. The van der Waals surface area contributed by atoms with Gasteiger partial charge in [0.1, 0.15) is 11.2 Å². The summed E-state index contributed by atoms with van der Waals surface area (Å²) in [6, 6.07) is 71.0. The van der Waals surface area contributed by atoms with Crippen molar-refractivity contribution in [2.24, 2.45) is 0 Å². The molecule has 1 heterocycles. The van der Waals surface area contributed by atoms with Crippen LogP contribution in [0, 0.1) is 0 Å². The van der Waals surface area contributed by atoms with Crippen molar-refractivity contribution in [3.05, 3.63) is 200 Å². The molecule has 0 aliphatic heterocycles. The molecule has 2 nitrogen and oxygen atoms in total. The maximum atomic E-state index is 6.39. The van der Waals surface area contributed by atoms with Gasteiger partial charge >= 0.3 is 0 Å². The molecule has 0 aliphatic carbocycles. The van der Waals surface area contributed by atoms with Crippen LogP contribution in [0.3, 0.4) is 0 Å². The number of nitrogens with zero attached hydrogens (tertiary/aromatic N) is 1. The summed E-state index contributed by atoms with van der Waals surface area (Å²) >= 11 is 0. The number of fused-ring (bicyclic) bond motifs is 3. The topological polar surface area (TPSA) is 16.4 Å². The number of hydrogen-bond acceptors (Lipinski definition) is 2. The van der Waals surface area contributed by atoms with E-state index in [-0.39, 0.29) is 0 Å². The summed E-state index contributed by atoms with van der Waals surface area (Å²) in [5.41, 5.74) is 14.5. The first-order valence-electron chi connectivity index (χ1n) is 17.0. The highest BCUT2D eigenvalue weighted by Gasteiger charge is 2.20. The molecular formula is C48H33NO. The van der Waals surface area contributed by atoms with E-state index in [1.54, 1.807) is 0 Å². The normalized spacial score (nSPS) is 11.2. The summed E-state index contributed by atoms with van der Waals surface area (Å²) < 4.78 is 6.39. The van der Waals surface area contributed by atoms with Gasteiger partial charge in [0.15, 0.2) is 0 Å². The molecular weight excluding hydrogens is 607 g/mol. The highest BCUT2D eigenvalue weighted by atomic mass is 16.3. The molecule has 2 heteroatoms. The van der Waals surface area contributed by atoms with Gasteiger partial charge in [-0.1, -0.05) is 164 Å². The van der Waals surface area contributed by atoms with E-state index in [0.29, 0.717) is 0 Å². The fourth-order valence-electron chi connectivity index (χ4n) is 7.21. The Bertz CT molecular complexity index is 2580. The second kappa shape index (κ2) is 12.8. The molecule has 0 spiro atoms. The van der Waals surface area contributed by atoms with Crippen molar-refractivity contribution >= 4 is 39.0 Å². The van der Waals surface area contributed by atoms with Crippen molar-refractivity contribution in [2.75, 3.05) is 4.90 Å². The fourth-order valence-corrected chi connectivity index (χ4v) is 7.21. The Morgan fingerprint density at radius 1 is 0.300 bits per heavy atom. The highest BCUT2D eigenvalue weighted by Crippen LogP contribution is 2.45. The molecule has 0 amide bonds. The molecule has 0 bridgehead atoms. The van der Waals surface area contributed by atoms with Gasteiger partial charge in [0, 0.05) is 33.3 Å². The molecule has 9 rings (SSSR count). The van der Waals surface area contributed by atoms with Crippen LogP contribution < -0.4 is 4.90 Å². The van der Waals surface area contributed by atoms with Gasteiger partial charge in [-0.2, -0.15) is 0 Å². The molecule has 0 saturated carbocycles. The van der Waals surface area contributed by atoms with Crippen molar-refractivity contribution in [3.63, 3.8) is 0 Å². The average Bonchev–Trinajstić information content (AvgIpc) is 3.58. The lowest BCUT2D eigenvalue weighted by Gasteiger charge is -2.28. The molecule has 236 valence electrons. The van der Waals surface area contributed by atoms with Crippen LogP contribution in [0.5, 0.6) is 0 Å². The van der Waals surface area contributed by atoms with Crippen molar-refractivity contribution in [1.82, 2.24) is 0 Å². The molecule has 0 fully saturated rings. The van der Waals surface area contributed by atoms with Gasteiger partial charge in [-0.25, -0.2) is 0 Å². The lowest BCUT2D eigenvalue weighted by Crippen LogP contribution is -2.11. The predicted molar refractivity (Wildman–Crippen MR) is 210 cm³/mol. The number of anilines is 3. The molecule has 50 heavy (non-hydrogen) atoms. The zero-order valence-electron chi connectivity index (χ0n) is 27.4. The smallest absolute Gasteiger partial charge is 0.143 e. The minimum atomic E-state index is 0.908. The minimum absolute atomic E-state index is 0.908. The Labute approximate surface area is 292 Å². The van der Waals surface area contributed by atoms with Crippen LogP contribution in [0.15, 0.2) is 205 Å². The number of rotatable bonds is 7. The van der Waals surface area contributed by atoms with Crippen LogP contribution in [0.25, 0.3) is 66.4 Å². The van der Waals surface area contributed by atoms with E-state index in [0.717, 1.165) is 55.7 Å². The molecule has 0 atom stereocenters. The molecule has 8 aromatic carbocycles. The minimum Gasteiger partial charge on any atom is -0.455 e. The predicted octanol–water partition coefficient (Wildman–Crippen LogP) is 13.7. The second-order valence-corrected chi connectivity index (χ2v) is 12.5. The molecule has 0 aliphatic rings. The molecule has 1 aromatic heterocycles. The first-order valence-corrected chi connectivity index (χ1v) is 17.0. The molecule has 0 saturated heterocycles. The average molecular weight is 640 g/mol. The number of hydrogen-bond donors (Lipinski definition) is 0. The summed E-state index contributed by atoms with van der Waals surface area (Å²) in [6.07, 6.45) is 0. The third-order valence-electron chi connectivity index (χ3n) is 9.52. The zero-order chi connectivity index (χ0) is 33.3. The summed E-state index contributed by atoms with van der Waals surface area (Å²) in [5.74, 6) is 0. The maximum Gasteiger partial charge on any atom is 0.143 e. The van der Waals surface area contributed by atoms with Crippen molar-refractivity contribution in [2.45, 2.75) is 0 Å². The largest absolute Gasteiger partial charge is 0.455 e. The Balaban J connectivity index is 1.18. The Morgan fingerprint density at radius 3 is 1.52 bits per heavy atom. The standard InChI is InChI=1S/C48H33NO/c1-3-16-34(17-4-1)38-20-7-8-21-40(38)41-22-9-10-23-42(41)43-24-11-13-28-46(43)49(36-18-5-2-6-19-36)37-32-30-35(31-33-37)39-26-15-27-45-44-25-12-14-29-47(44)50-48(39)45/h1-33H. The number of benzene rings is 8. The second-order valence-electron chi connectivity index (χ2n) is 12.5. The van der Waals surface area contributed by atoms with E-state index >= 15 is 0 Å². The van der Waals surface area contributed by atoms with Crippen molar-refractivity contribution < 1.29 is 4.42 Å². The molecule has 0 radical (unpaired) electrons. The van der Waals surface area contributed by atoms with Crippen LogP contribution in [0.2, 0.25) is 0 Å². The zero-order valence-corrected chi connectivity index (χ0v) is 27.4. The number of furan rings is 1. The molecule has 9 aromatic rings. The van der Waals surface area contributed by atoms with E-state index < -0.39 is 0 Å².